The number of aromatic hydroxyl groups is 1. The molecule has 3 aromatic carbocycles. The summed E-state index contributed by atoms with van der Waals surface area (Å²) in [6, 6.07) is 16.8. The second-order valence-electron chi connectivity index (χ2n) is 7.10. The Kier molecular flexibility index (Phi) is 10.9. The molecule has 3 aromatic rings. The number of aliphatic carboxylic acids is 1. The quantitative estimate of drug-likeness (QED) is 0.392. The van der Waals surface area contributed by atoms with E-state index in [1.54, 1.807) is 42.5 Å². The van der Waals surface area contributed by atoms with Crippen LogP contribution in [0.15, 0.2) is 60.7 Å². The van der Waals surface area contributed by atoms with Crippen molar-refractivity contribution in [3.05, 3.63) is 98.3 Å². The van der Waals surface area contributed by atoms with Crippen molar-refractivity contribution in [2.75, 3.05) is 0 Å². The summed E-state index contributed by atoms with van der Waals surface area (Å²) in [6.07, 6.45) is 0.0165. The van der Waals surface area contributed by atoms with Gasteiger partial charge in [-0.2, -0.15) is 5.26 Å². The molecule has 3 N–H and O–H groups in total. The van der Waals surface area contributed by atoms with Gasteiger partial charge >= 0.3 is 57.4 Å². The number of phenols is 1. The van der Waals surface area contributed by atoms with E-state index >= 15 is 0 Å². The van der Waals surface area contributed by atoms with Gasteiger partial charge in [-0.15, -0.1) is 12.2 Å². The molecule has 0 saturated carbocycles. The van der Waals surface area contributed by atoms with Crippen LogP contribution in [0.3, 0.4) is 0 Å². The van der Waals surface area contributed by atoms with Gasteiger partial charge in [0.05, 0.1) is 22.2 Å². The number of hydrogen-bond acceptors (Lipinski definition) is 4. The summed E-state index contributed by atoms with van der Waals surface area (Å²) in [7, 11) is 0. The molecule has 0 spiro atoms. The fourth-order valence-corrected chi connectivity index (χ4v) is 3.52. The second-order valence-corrected chi connectivity index (χ2v) is 7.92. The summed E-state index contributed by atoms with van der Waals surface area (Å²) in [5, 5.41) is 35.8. The number of rotatable bonds is 8. The summed E-state index contributed by atoms with van der Waals surface area (Å²) in [4.78, 5) is 24.2. The maximum Gasteiger partial charge on any atom is 1.00 e. The summed E-state index contributed by atoms with van der Waals surface area (Å²) in [6.45, 7) is 0.281. The van der Waals surface area contributed by atoms with Gasteiger partial charge in [0.2, 0.25) is 0 Å². The average Bonchev–Trinajstić information content (AvgIpc) is 2.79. The summed E-state index contributed by atoms with van der Waals surface area (Å²) in [5.41, 5.74) is 2.34. The van der Waals surface area contributed by atoms with Gasteiger partial charge in [0, 0.05) is 11.4 Å². The molecule has 0 radical (unpaired) electrons. The molecule has 0 aliphatic rings. The van der Waals surface area contributed by atoms with Gasteiger partial charge in [0.25, 0.3) is 5.91 Å². The smallest absolute Gasteiger partial charge is 0.681 e. The number of nitrogens with zero attached hydrogens (tertiary/aromatic N) is 2. The van der Waals surface area contributed by atoms with Gasteiger partial charge < -0.3 is 20.8 Å². The summed E-state index contributed by atoms with van der Waals surface area (Å²) >= 11 is 12.1. The molecule has 34 heavy (non-hydrogen) atoms. The molecule has 3 rings (SSSR count). The number of hydrogen-bond donors (Lipinski definition) is 3. The number of carboxylic acids is 1. The van der Waals surface area contributed by atoms with Crippen LogP contribution in [0.5, 0.6) is 5.75 Å². The van der Waals surface area contributed by atoms with E-state index in [1.807, 2.05) is 0 Å². The number of amides is 1. The maximum absolute atomic E-state index is 12.5. The zero-order valence-electron chi connectivity index (χ0n) is 18.1. The number of nitriles is 1. The Labute approximate surface area is 249 Å². The van der Waals surface area contributed by atoms with Gasteiger partial charge in [-0.3, -0.25) is 4.79 Å². The van der Waals surface area contributed by atoms with Crippen molar-refractivity contribution in [2.24, 2.45) is 0 Å². The van der Waals surface area contributed by atoms with Crippen LogP contribution in [0.1, 0.15) is 27.0 Å². The van der Waals surface area contributed by atoms with E-state index in [0.717, 1.165) is 5.56 Å². The standard InChI is InChI=1S/C24H18Cl2N3O4.K/c25-18-9-6-15(12-27)10-16(18)13-28-17-7-4-14(5-8-17)11-20(24(32)33)29-23(31)22-19(26)2-1-3-21(22)30;/h1-10,20H,11,13H2,(H,32,33)(H2,29,30,31);/q-1;+1. The zero-order valence-corrected chi connectivity index (χ0v) is 22.8. The van der Waals surface area contributed by atoms with Gasteiger partial charge in [-0.25, -0.2) is 4.79 Å². The van der Waals surface area contributed by atoms with Gasteiger partial charge in [0.15, 0.2) is 0 Å². The molecule has 0 aromatic heterocycles. The average molecular weight is 522 g/mol. The molecule has 10 heteroatoms. The molecular formula is C24H18Cl2KN3O4. The van der Waals surface area contributed by atoms with Crippen molar-refractivity contribution in [3.63, 3.8) is 0 Å². The first-order valence-corrected chi connectivity index (χ1v) is 10.5. The minimum atomic E-state index is -1.23. The predicted molar refractivity (Wildman–Crippen MR) is 125 cm³/mol. The molecule has 168 valence electrons. The predicted octanol–water partition coefficient (Wildman–Crippen LogP) is 2.21. The minimum Gasteiger partial charge on any atom is -0.681 e. The monoisotopic (exact) mass is 521 g/mol. The van der Waals surface area contributed by atoms with E-state index in [4.69, 9.17) is 28.5 Å². The van der Waals surface area contributed by atoms with Crippen LogP contribution in [-0.4, -0.2) is 28.1 Å². The van der Waals surface area contributed by atoms with Crippen molar-refractivity contribution < 1.29 is 71.2 Å². The van der Waals surface area contributed by atoms with Gasteiger partial charge in [0.1, 0.15) is 11.8 Å². The number of carboxylic acid groups (broad SMARTS) is 1. The minimum absolute atomic E-state index is 0. The van der Waals surface area contributed by atoms with Crippen molar-refractivity contribution in [2.45, 2.75) is 19.0 Å². The topological polar surface area (TPSA) is 125 Å². The van der Waals surface area contributed by atoms with Gasteiger partial charge in [-0.05, 0) is 41.5 Å². The number of nitrogens with one attached hydrogen (secondary N) is 1. The van der Waals surface area contributed by atoms with Crippen LogP contribution < -0.4 is 56.7 Å². The Hall–Kier alpha value is -2.09. The molecule has 0 aliphatic carbocycles. The Morgan fingerprint density at radius 1 is 1.06 bits per heavy atom. The van der Waals surface area contributed by atoms with Crippen molar-refractivity contribution in [3.8, 4) is 11.8 Å². The van der Waals surface area contributed by atoms with Crippen LogP contribution in [0, 0.1) is 11.3 Å². The third-order valence-electron chi connectivity index (χ3n) is 4.81. The van der Waals surface area contributed by atoms with E-state index in [9.17, 15) is 19.8 Å². The van der Waals surface area contributed by atoms with Crippen molar-refractivity contribution in [1.29, 1.82) is 5.26 Å². The molecule has 1 unspecified atom stereocenters. The van der Waals surface area contributed by atoms with E-state index in [-0.39, 0.29) is 80.7 Å². The molecule has 0 aliphatic heterocycles. The molecule has 1 atom stereocenters. The van der Waals surface area contributed by atoms with Crippen LogP contribution in [0.4, 0.5) is 5.69 Å². The fourth-order valence-electron chi connectivity index (χ4n) is 3.08. The first kappa shape index (κ1) is 28.1. The van der Waals surface area contributed by atoms with Crippen LogP contribution in [0.25, 0.3) is 5.32 Å². The SMILES string of the molecule is N#Cc1ccc(Cl)c(C[N-]c2ccc(CC(NC(=O)c3c(O)cccc3Cl)C(=O)O)cc2)c1.[K+]. The van der Waals surface area contributed by atoms with Crippen molar-refractivity contribution >= 4 is 40.8 Å². The number of phenolic OH excluding ortho intramolecular Hbond substituents is 1. The van der Waals surface area contributed by atoms with Crippen LogP contribution in [0.2, 0.25) is 10.0 Å². The summed E-state index contributed by atoms with van der Waals surface area (Å²) in [5.74, 6) is -2.35. The summed E-state index contributed by atoms with van der Waals surface area (Å²) < 4.78 is 0. The molecular weight excluding hydrogens is 504 g/mol. The Balaban J connectivity index is 0.00000408. The largest absolute Gasteiger partial charge is 1.00 e. The van der Waals surface area contributed by atoms with Crippen LogP contribution >= 0.6 is 23.2 Å². The van der Waals surface area contributed by atoms with Crippen molar-refractivity contribution in [1.82, 2.24) is 5.32 Å². The van der Waals surface area contributed by atoms with Crippen LogP contribution in [-0.2, 0) is 17.8 Å². The number of carbonyl (C=O) groups is 2. The Morgan fingerprint density at radius 2 is 1.76 bits per heavy atom. The van der Waals surface area contributed by atoms with E-state index < -0.39 is 17.9 Å². The Bertz CT molecular complexity index is 1210. The molecule has 0 bridgehead atoms. The first-order valence-electron chi connectivity index (χ1n) is 9.74. The third kappa shape index (κ3) is 7.45. The molecule has 7 nitrogen and oxygen atoms in total. The fraction of sp³-hybridized carbons (Fsp3) is 0.125. The van der Waals surface area contributed by atoms with E-state index in [1.165, 1.54) is 18.2 Å². The van der Waals surface area contributed by atoms with E-state index in [0.29, 0.717) is 21.8 Å². The molecule has 0 fully saturated rings. The van der Waals surface area contributed by atoms with E-state index in [2.05, 4.69) is 16.7 Å². The zero-order chi connectivity index (χ0) is 24.0. The normalized spacial score (nSPS) is 11.0. The number of benzene rings is 3. The second kappa shape index (κ2) is 13.1. The molecule has 0 heterocycles. The molecule has 0 saturated heterocycles. The number of halogens is 2. The Morgan fingerprint density at radius 3 is 2.38 bits per heavy atom. The third-order valence-corrected chi connectivity index (χ3v) is 5.49. The molecule has 1 amide bonds. The van der Waals surface area contributed by atoms with Gasteiger partial charge in [-0.1, -0.05) is 53.5 Å². The number of carbonyl (C=O) groups excluding carboxylic acids is 1. The first-order chi connectivity index (χ1) is 15.8. The maximum atomic E-state index is 12.5.